The molecule has 3 rings (SSSR count). The van der Waals surface area contributed by atoms with Gasteiger partial charge in [-0.25, -0.2) is 4.79 Å². The van der Waals surface area contributed by atoms with Gasteiger partial charge < -0.3 is 10.4 Å². The fourth-order valence-corrected chi connectivity index (χ4v) is 2.82. The molecule has 0 bridgehead atoms. The lowest BCUT2D eigenvalue weighted by atomic mass is 10.2. The van der Waals surface area contributed by atoms with E-state index in [4.69, 9.17) is 5.11 Å². The fraction of sp³-hybridized carbons (Fsp3) is 0.692. The molecule has 1 aliphatic carbocycles. The molecule has 6 heteroatoms. The maximum Gasteiger partial charge on any atom is 0.339 e. The van der Waals surface area contributed by atoms with Crippen molar-refractivity contribution in [2.45, 2.75) is 37.9 Å². The molecule has 1 saturated carbocycles. The van der Waals surface area contributed by atoms with Crippen LogP contribution in [0.3, 0.4) is 0 Å². The van der Waals surface area contributed by atoms with Gasteiger partial charge in [-0.2, -0.15) is 5.10 Å². The van der Waals surface area contributed by atoms with Crippen molar-refractivity contribution < 1.29 is 9.90 Å². The lowest BCUT2D eigenvalue weighted by molar-refractivity contribution is 0.0695. The Bertz CT molecular complexity index is 481. The van der Waals surface area contributed by atoms with Crippen LogP contribution < -0.4 is 5.32 Å². The molecule has 0 spiro atoms. The molecule has 19 heavy (non-hydrogen) atoms. The van der Waals surface area contributed by atoms with Crippen LogP contribution in [0.2, 0.25) is 0 Å². The monoisotopic (exact) mass is 264 g/mol. The second-order valence-corrected chi connectivity index (χ2v) is 5.53. The Labute approximate surface area is 112 Å². The summed E-state index contributed by atoms with van der Waals surface area (Å²) in [5, 5.41) is 16.6. The van der Waals surface area contributed by atoms with Gasteiger partial charge in [0.25, 0.3) is 0 Å². The number of carboxylic acids is 1. The third kappa shape index (κ3) is 2.64. The van der Waals surface area contributed by atoms with Crippen LogP contribution in [0.15, 0.2) is 6.20 Å². The summed E-state index contributed by atoms with van der Waals surface area (Å²) in [5.41, 5.74) is 1.05. The van der Waals surface area contributed by atoms with Crippen LogP contribution in [-0.2, 0) is 13.6 Å². The van der Waals surface area contributed by atoms with Crippen LogP contribution in [-0.4, -0.2) is 50.9 Å². The minimum atomic E-state index is -0.907. The number of aromatic carboxylic acids is 1. The van der Waals surface area contributed by atoms with E-state index < -0.39 is 5.97 Å². The highest BCUT2D eigenvalue weighted by atomic mass is 16.4. The van der Waals surface area contributed by atoms with Gasteiger partial charge in [0.1, 0.15) is 5.56 Å². The number of rotatable bonds is 5. The van der Waals surface area contributed by atoms with Gasteiger partial charge in [0.2, 0.25) is 0 Å². The highest BCUT2D eigenvalue weighted by molar-refractivity contribution is 5.88. The van der Waals surface area contributed by atoms with Crippen molar-refractivity contribution in [3.05, 3.63) is 17.5 Å². The van der Waals surface area contributed by atoms with Crippen molar-refractivity contribution in [1.29, 1.82) is 0 Å². The summed E-state index contributed by atoms with van der Waals surface area (Å²) in [6.45, 7) is 2.83. The molecule has 1 saturated heterocycles. The maximum atomic E-state index is 11.1. The van der Waals surface area contributed by atoms with E-state index in [-0.39, 0.29) is 0 Å². The van der Waals surface area contributed by atoms with E-state index in [1.165, 1.54) is 25.6 Å². The fourth-order valence-electron chi connectivity index (χ4n) is 2.82. The average molecular weight is 264 g/mol. The van der Waals surface area contributed by atoms with Crippen LogP contribution in [0.25, 0.3) is 0 Å². The van der Waals surface area contributed by atoms with E-state index in [2.05, 4.69) is 15.3 Å². The number of hydrogen-bond acceptors (Lipinski definition) is 4. The Hall–Kier alpha value is -1.40. The second kappa shape index (κ2) is 4.94. The molecule has 2 N–H and O–H groups in total. The predicted molar refractivity (Wildman–Crippen MR) is 70.0 cm³/mol. The average Bonchev–Trinajstić information content (AvgIpc) is 3.00. The minimum Gasteiger partial charge on any atom is -0.478 e. The molecular formula is C13H20N4O2. The molecule has 2 fully saturated rings. The molecule has 0 radical (unpaired) electrons. The van der Waals surface area contributed by atoms with E-state index in [0.29, 0.717) is 18.2 Å². The van der Waals surface area contributed by atoms with Crippen LogP contribution in [0, 0.1) is 0 Å². The molecule has 2 heterocycles. The molecule has 1 atom stereocenters. The standard InChI is InChI=1S/C13H20N4O2/c1-16-12(11(6-15-16)13(18)19)7-14-9-4-5-17(8-9)10-2-3-10/h6,9-10,14H,2-5,7-8H2,1H3,(H,18,19). The Balaban J connectivity index is 1.57. The van der Waals surface area contributed by atoms with E-state index in [0.717, 1.165) is 24.7 Å². The van der Waals surface area contributed by atoms with Crippen LogP contribution >= 0.6 is 0 Å². The number of nitrogens with zero attached hydrogens (tertiary/aromatic N) is 3. The van der Waals surface area contributed by atoms with Crippen LogP contribution in [0.5, 0.6) is 0 Å². The molecule has 6 nitrogen and oxygen atoms in total. The summed E-state index contributed by atoms with van der Waals surface area (Å²) in [6.07, 6.45) is 5.26. The van der Waals surface area contributed by atoms with Gasteiger partial charge in [-0.05, 0) is 19.3 Å². The van der Waals surface area contributed by atoms with Gasteiger partial charge in [-0.1, -0.05) is 0 Å². The Morgan fingerprint density at radius 2 is 2.32 bits per heavy atom. The van der Waals surface area contributed by atoms with Crippen LogP contribution in [0.4, 0.5) is 0 Å². The van der Waals surface area contributed by atoms with E-state index in [1.54, 1.807) is 11.7 Å². The maximum absolute atomic E-state index is 11.1. The minimum absolute atomic E-state index is 0.298. The zero-order valence-corrected chi connectivity index (χ0v) is 11.2. The van der Waals surface area contributed by atoms with E-state index in [1.807, 2.05) is 0 Å². The summed E-state index contributed by atoms with van der Waals surface area (Å²) in [6, 6.07) is 1.29. The van der Waals surface area contributed by atoms with E-state index in [9.17, 15) is 4.79 Å². The molecule has 104 valence electrons. The molecular weight excluding hydrogens is 244 g/mol. The van der Waals surface area contributed by atoms with Crippen molar-refractivity contribution in [3.63, 3.8) is 0 Å². The quantitative estimate of drug-likeness (QED) is 0.808. The molecule has 0 aromatic carbocycles. The zero-order valence-electron chi connectivity index (χ0n) is 11.2. The predicted octanol–water partition coefficient (Wildman–Crippen LogP) is 0.445. The number of likely N-dealkylation sites (tertiary alicyclic amines) is 1. The lowest BCUT2D eigenvalue weighted by Crippen LogP contribution is -2.33. The first-order valence-corrected chi connectivity index (χ1v) is 6.86. The first-order chi connectivity index (χ1) is 9.15. The number of aromatic nitrogens is 2. The van der Waals surface area contributed by atoms with Crippen LogP contribution in [0.1, 0.15) is 35.3 Å². The smallest absolute Gasteiger partial charge is 0.339 e. The summed E-state index contributed by atoms with van der Waals surface area (Å²) < 4.78 is 1.64. The normalized spacial score (nSPS) is 23.9. The zero-order chi connectivity index (χ0) is 13.4. The van der Waals surface area contributed by atoms with Gasteiger partial charge in [-0.15, -0.1) is 0 Å². The summed E-state index contributed by atoms with van der Waals surface area (Å²) in [4.78, 5) is 13.6. The van der Waals surface area contributed by atoms with Crippen molar-refractivity contribution in [1.82, 2.24) is 20.0 Å². The third-order valence-electron chi connectivity index (χ3n) is 4.13. The van der Waals surface area contributed by atoms with Crippen molar-refractivity contribution in [2.75, 3.05) is 13.1 Å². The van der Waals surface area contributed by atoms with E-state index >= 15 is 0 Å². The molecule has 1 unspecified atom stereocenters. The number of aryl methyl sites for hydroxylation is 1. The molecule has 1 aliphatic heterocycles. The third-order valence-corrected chi connectivity index (χ3v) is 4.13. The number of hydrogen-bond donors (Lipinski definition) is 2. The summed E-state index contributed by atoms with van der Waals surface area (Å²) in [7, 11) is 1.79. The SMILES string of the molecule is Cn1ncc(C(=O)O)c1CNC1CCN(C2CC2)C1. The van der Waals surface area contributed by atoms with Gasteiger partial charge in [-0.3, -0.25) is 9.58 Å². The molecule has 0 amide bonds. The highest BCUT2D eigenvalue weighted by Crippen LogP contribution is 2.29. The lowest BCUT2D eigenvalue weighted by Gasteiger charge is -2.16. The molecule has 1 aromatic heterocycles. The van der Waals surface area contributed by atoms with Crippen molar-refractivity contribution in [3.8, 4) is 0 Å². The number of carbonyl (C=O) groups is 1. The van der Waals surface area contributed by atoms with Gasteiger partial charge in [0.05, 0.1) is 11.9 Å². The topological polar surface area (TPSA) is 70.4 Å². The Morgan fingerprint density at radius 1 is 1.53 bits per heavy atom. The first-order valence-electron chi connectivity index (χ1n) is 6.86. The number of nitrogens with one attached hydrogen (secondary N) is 1. The van der Waals surface area contributed by atoms with Crippen molar-refractivity contribution in [2.24, 2.45) is 7.05 Å². The summed E-state index contributed by atoms with van der Waals surface area (Å²) in [5.74, 6) is -0.907. The Kier molecular flexibility index (Phi) is 3.28. The molecule has 2 aliphatic rings. The number of carboxylic acid groups (broad SMARTS) is 1. The first kappa shape index (κ1) is 12.6. The van der Waals surface area contributed by atoms with Gasteiger partial charge in [0, 0.05) is 38.8 Å². The Morgan fingerprint density at radius 3 is 3.00 bits per heavy atom. The van der Waals surface area contributed by atoms with Crippen molar-refractivity contribution >= 4 is 5.97 Å². The highest BCUT2D eigenvalue weighted by Gasteiger charge is 2.34. The summed E-state index contributed by atoms with van der Waals surface area (Å²) >= 11 is 0. The largest absolute Gasteiger partial charge is 0.478 e. The van der Waals surface area contributed by atoms with Gasteiger partial charge in [0.15, 0.2) is 0 Å². The molecule has 1 aromatic rings. The van der Waals surface area contributed by atoms with Gasteiger partial charge >= 0.3 is 5.97 Å². The second-order valence-electron chi connectivity index (χ2n) is 5.53.